The molecule has 104 valence electrons. The largest absolute Gasteiger partial charge is 0.394 e. The smallest absolute Gasteiger partial charge is 0.222 e. The number of carbonyl (C=O) groups excluding carboxylic acids is 1. The van der Waals surface area contributed by atoms with Crippen LogP contribution in [0.3, 0.4) is 0 Å². The SMILES string of the molecule is O=C(CCCSc1ccccc1)N1CCC[C@@H]1CO. The van der Waals surface area contributed by atoms with Crippen molar-refractivity contribution in [3.63, 3.8) is 0 Å². The summed E-state index contributed by atoms with van der Waals surface area (Å²) in [4.78, 5) is 15.1. The molecule has 2 rings (SSSR count). The summed E-state index contributed by atoms with van der Waals surface area (Å²) in [7, 11) is 0. The number of nitrogens with zero attached hydrogens (tertiary/aromatic N) is 1. The molecular weight excluding hydrogens is 258 g/mol. The van der Waals surface area contributed by atoms with E-state index >= 15 is 0 Å². The van der Waals surface area contributed by atoms with Gasteiger partial charge in [-0.25, -0.2) is 0 Å². The number of benzene rings is 1. The molecule has 0 radical (unpaired) electrons. The standard InChI is InChI=1S/C15H21NO2S/c17-12-13-6-4-10-16(13)15(18)9-5-11-19-14-7-2-1-3-8-14/h1-3,7-8,13,17H,4-6,9-12H2/t13-/m1/s1. The number of aliphatic hydroxyl groups excluding tert-OH is 1. The van der Waals surface area contributed by atoms with Gasteiger partial charge in [0.15, 0.2) is 0 Å². The van der Waals surface area contributed by atoms with Gasteiger partial charge < -0.3 is 10.0 Å². The molecule has 0 unspecified atom stereocenters. The molecule has 19 heavy (non-hydrogen) atoms. The third-order valence-electron chi connectivity index (χ3n) is 3.46. The van der Waals surface area contributed by atoms with Gasteiger partial charge in [-0.2, -0.15) is 0 Å². The summed E-state index contributed by atoms with van der Waals surface area (Å²) in [6.07, 6.45) is 3.46. The molecule has 1 atom stereocenters. The van der Waals surface area contributed by atoms with Gasteiger partial charge in [-0.15, -0.1) is 11.8 Å². The maximum atomic E-state index is 12.0. The number of amides is 1. The lowest BCUT2D eigenvalue weighted by molar-refractivity contribution is -0.132. The first-order valence-electron chi connectivity index (χ1n) is 6.89. The number of hydrogen-bond donors (Lipinski definition) is 1. The Hall–Kier alpha value is -1.00. The van der Waals surface area contributed by atoms with Crippen molar-refractivity contribution >= 4 is 17.7 Å². The summed E-state index contributed by atoms with van der Waals surface area (Å²) in [5.74, 6) is 1.16. The molecule has 4 heteroatoms. The Morgan fingerprint density at radius 2 is 2.16 bits per heavy atom. The second-order valence-corrected chi connectivity index (χ2v) is 6.00. The van der Waals surface area contributed by atoms with Crippen LogP contribution in [0.15, 0.2) is 35.2 Å². The molecule has 1 fully saturated rings. The Bertz CT molecular complexity index is 396. The Kier molecular flexibility index (Phi) is 5.73. The third kappa shape index (κ3) is 4.25. The first-order valence-corrected chi connectivity index (χ1v) is 7.88. The summed E-state index contributed by atoms with van der Waals surface area (Å²) in [6, 6.07) is 10.3. The number of hydrogen-bond acceptors (Lipinski definition) is 3. The Balaban J connectivity index is 1.67. The Morgan fingerprint density at radius 1 is 1.37 bits per heavy atom. The Labute approximate surface area is 119 Å². The van der Waals surface area contributed by atoms with Crippen LogP contribution in [0.4, 0.5) is 0 Å². The molecule has 0 saturated carbocycles. The van der Waals surface area contributed by atoms with Crippen molar-refractivity contribution in [2.45, 2.75) is 36.6 Å². The number of aliphatic hydroxyl groups is 1. The van der Waals surface area contributed by atoms with Gasteiger partial charge in [0.05, 0.1) is 12.6 Å². The molecule has 0 bridgehead atoms. The van der Waals surface area contributed by atoms with Crippen molar-refractivity contribution in [1.82, 2.24) is 4.90 Å². The van der Waals surface area contributed by atoms with Crippen LogP contribution in [-0.4, -0.2) is 40.9 Å². The summed E-state index contributed by atoms with van der Waals surface area (Å²) in [5.41, 5.74) is 0. The van der Waals surface area contributed by atoms with Crippen LogP contribution in [0.2, 0.25) is 0 Å². The van der Waals surface area contributed by atoms with E-state index in [4.69, 9.17) is 0 Å². The minimum atomic E-state index is 0.0641. The Morgan fingerprint density at radius 3 is 2.89 bits per heavy atom. The number of likely N-dealkylation sites (tertiary alicyclic amines) is 1. The van der Waals surface area contributed by atoms with Gasteiger partial charge in [0.2, 0.25) is 5.91 Å². The zero-order valence-electron chi connectivity index (χ0n) is 11.1. The molecule has 1 saturated heterocycles. The lowest BCUT2D eigenvalue weighted by Crippen LogP contribution is -2.37. The number of thioether (sulfide) groups is 1. The molecule has 3 nitrogen and oxygen atoms in total. The van der Waals surface area contributed by atoms with Crippen molar-refractivity contribution in [3.05, 3.63) is 30.3 Å². The molecule has 1 N–H and O–H groups in total. The highest BCUT2D eigenvalue weighted by atomic mass is 32.2. The zero-order valence-corrected chi connectivity index (χ0v) is 11.9. The summed E-state index contributed by atoms with van der Waals surface area (Å²) < 4.78 is 0. The molecule has 1 aliphatic rings. The molecule has 0 aromatic heterocycles. The predicted molar refractivity (Wildman–Crippen MR) is 78.2 cm³/mol. The van der Waals surface area contributed by atoms with Crippen molar-refractivity contribution in [1.29, 1.82) is 0 Å². The summed E-state index contributed by atoms with van der Waals surface area (Å²) in [6.45, 7) is 0.917. The molecular formula is C15H21NO2S. The van der Waals surface area contributed by atoms with Crippen LogP contribution in [0.1, 0.15) is 25.7 Å². The molecule has 1 amide bonds. The lowest BCUT2D eigenvalue weighted by atomic mass is 10.2. The third-order valence-corrected chi connectivity index (χ3v) is 4.55. The number of carbonyl (C=O) groups is 1. The maximum absolute atomic E-state index is 12.0. The average Bonchev–Trinajstić information content (AvgIpc) is 2.93. The van der Waals surface area contributed by atoms with Gasteiger partial charge in [0.25, 0.3) is 0 Å². The molecule has 1 heterocycles. The summed E-state index contributed by atoms with van der Waals surface area (Å²) in [5, 5.41) is 9.21. The normalized spacial score (nSPS) is 18.8. The van der Waals surface area contributed by atoms with E-state index in [2.05, 4.69) is 12.1 Å². The van der Waals surface area contributed by atoms with Gasteiger partial charge in [0, 0.05) is 17.9 Å². The van der Waals surface area contributed by atoms with Gasteiger partial charge in [-0.1, -0.05) is 18.2 Å². The molecule has 1 aromatic rings. The fourth-order valence-electron chi connectivity index (χ4n) is 2.43. The second kappa shape index (κ2) is 7.56. The van der Waals surface area contributed by atoms with E-state index in [1.807, 2.05) is 23.1 Å². The van der Waals surface area contributed by atoms with Crippen LogP contribution < -0.4 is 0 Å². The highest BCUT2D eigenvalue weighted by Gasteiger charge is 2.27. The first-order chi connectivity index (χ1) is 9.31. The van der Waals surface area contributed by atoms with Crippen molar-refractivity contribution < 1.29 is 9.90 Å². The minimum absolute atomic E-state index is 0.0641. The highest BCUT2D eigenvalue weighted by Crippen LogP contribution is 2.21. The second-order valence-electron chi connectivity index (χ2n) is 4.83. The van der Waals surface area contributed by atoms with E-state index in [0.717, 1.165) is 31.6 Å². The summed E-state index contributed by atoms with van der Waals surface area (Å²) >= 11 is 1.79. The molecule has 1 aliphatic heterocycles. The van der Waals surface area contributed by atoms with E-state index in [-0.39, 0.29) is 18.6 Å². The fraction of sp³-hybridized carbons (Fsp3) is 0.533. The van der Waals surface area contributed by atoms with Gasteiger partial charge in [0.1, 0.15) is 0 Å². The maximum Gasteiger partial charge on any atom is 0.222 e. The first kappa shape index (κ1) is 14.4. The van der Waals surface area contributed by atoms with Crippen LogP contribution >= 0.6 is 11.8 Å². The van der Waals surface area contributed by atoms with E-state index in [0.29, 0.717) is 6.42 Å². The van der Waals surface area contributed by atoms with E-state index < -0.39 is 0 Å². The highest BCUT2D eigenvalue weighted by molar-refractivity contribution is 7.99. The number of rotatable bonds is 6. The van der Waals surface area contributed by atoms with Crippen LogP contribution in [-0.2, 0) is 4.79 Å². The molecule has 1 aromatic carbocycles. The fourth-order valence-corrected chi connectivity index (χ4v) is 3.30. The van der Waals surface area contributed by atoms with Crippen LogP contribution in [0, 0.1) is 0 Å². The van der Waals surface area contributed by atoms with Gasteiger partial charge in [-0.3, -0.25) is 4.79 Å². The molecule has 0 spiro atoms. The van der Waals surface area contributed by atoms with E-state index in [1.165, 1.54) is 4.90 Å². The monoisotopic (exact) mass is 279 g/mol. The van der Waals surface area contributed by atoms with E-state index in [9.17, 15) is 9.90 Å². The topological polar surface area (TPSA) is 40.5 Å². The van der Waals surface area contributed by atoms with Crippen molar-refractivity contribution in [2.24, 2.45) is 0 Å². The van der Waals surface area contributed by atoms with Crippen molar-refractivity contribution in [3.8, 4) is 0 Å². The molecule has 0 aliphatic carbocycles. The average molecular weight is 279 g/mol. The quantitative estimate of drug-likeness (QED) is 0.642. The minimum Gasteiger partial charge on any atom is -0.394 e. The van der Waals surface area contributed by atoms with Crippen LogP contribution in [0.25, 0.3) is 0 Å². The van der Waals surface area contributed by atoms with Gasteiger partial charge in [-0.05, 0) is 37.1 Å². The lowest BCUT2D eigenvalue weighted by Gasteiger charge is -2.22. The zero-order chi connectivity index (χ0) is 13.5. The van der Waals surface area contributed by atoms with E-state index in [1.54, 1.807) is 11.8 Å². The van der Waals surface area contributed by atoms with Gasteiger partial charge >= 0.3 is 0 Å². The van der Waals surface area contributed by atoms with Crippen molar-refractivity contribution in [2.75, 3.05) is 18.9 Å². The van der Waals surface area contributed by atoms with Crippen LogP contribution in [0.5, 0.6) is 0 Å². The predicted octanol–water partition coefficient (Wildman–Crippen LogP) is 2.54.